The van der Waals surface area contributed by atoms with Crippen LogP contribution in [-0.2, 0) is 11.2 Å². The molecule has 5 heteroatoms. The Labute approximate surface area is 222 Å². The number of carbonyl (C=O) groups excluding carboxylic acids is 1. The minimum atomic E-state index is 0.315. The summed E-state index contributed by atoms with van der Waals surface area (Å²) in [6, 6.07) is 23.4. The van der Waals surface area contributed by atoms with E-state index in [2.05, 4.69) is 82.2 Å². The molecule has 2 heterocycles. The van der Waals surface area contributed by atoms with Crippen LogP contribution in [0.25, 0.3) is 10.9 Å². The zero-order valence-electron chi connectivity index (χ0n) is 21.3. The highest BCUT2D eigenvalue weighted by atomic mass is 79.9. The van der Waals surface area contributed by atoms with E-state index in [0.717, 1.165) is 29.6 Å². The Morgan fingerprint density at radius 2 is 1.64 bits per heavy atom. The highest BCUT2D eigenvalue weighted by Crippen LogP contribution is 2.38. The summed E-state index contributed by atoms with van der Waals surface area (Å²) in [5.74, 6) is 1.14. The van der Waals surface area contributed by atoms with Gasteiger partial charge in [0.15, 0.2) is 0 Å². The third kappa shape index (κ3) is 5.91. The van der Waals surface area contributed by atoms with Crippen LogP contribution in [0.5, 0.6) is 5.75 Å². The largest absolute Gasteiger partial charge is 0.508 e. The Morgan fingerprint density at radius 3 is 2.25 bits per heavy atom. The average Bonchev–Trinajstić information content (AvgIpc) is 3.19. The van der Waals surface area contributed by atoms with Gasteiger partial charge in [0.25, 0.3) is 0 Å². The third-order valence-corrected chi connectivity index (χ3v) is 7.69. The quantitative estimate of drug-likeness (QED) is 0.253. The van der Waals surface area contributed by atoms with Gasteiger partial charge in [0.05, 0.1) is 6.04 Å². The van der Waals surface area contributed by atoms with Crippen LogP contribution in [0, 0.1) is 6.92 Å². The van der Waals surface area contributed by atoms with Crippen LogP contribution >= 0.6 is 15.9 Å². The fourth-order valence-electron chi connectivity index (χ4n) is 5.04. The van der Waals surface area contributed by atoms with E-state index in [1.54, 1.807) is 12.1 Å². The molecule has 1 atom stereocenters. The molecule has 0 spiro atoms. The van der Waals surface area contributed by atoms with Gasteiger partial charge < -0.3 is 14.9 Å². The standard InChI is InChI=1S/C19H19BrN2.C10H12O.C2H4O/c1-12-3-5-13(6-4-12)19-18-15(9-10-22(19)2)16-11-14(20)7-8-17(16)21-18;11-10-6-4-9(5-7-10)8-2-1-3-8;1-2-3/h3-8,11,19,21H,9-10H2,1-2H3;4-8,11H,1-3H2;2H,1H3. The maximum atomic E-state index is 9.03. The second kappa shape index (κ2) is 11.9. The molecule has 2 N–H and O–H groups in total. The molecule has 0 bridgehead atoms. The summed E-state index contributed by atoms with van der Waals surface area (Å²) in [5.41, 5.74) is 8.11. The number of likely N-dealkylation sites (N-methyl/N-ethyl adjacent to an activating group) is 1. The van der Waals surface area contributed by atoms with Crippen LogP contribution in [0.3, 0.4) is 0 Å². The number of aldehydes is 1. The molecule has 36 heavy (non-hydrogen) atoms. The lowest BCUT2D eigenvalue weighted by atomic mass is 9.80. The number of halogens is 1. The molecule has 4 nitrogen and oxygen atoms in total. The fraction of sp³-hybridized carbons (Fsp3) is 0.323. The third-order valence-electron chi connectivity index (χ3n) is 7.19. The molecule has 3 aromatic carbocycles. The number of hydrogen-bond donors (Lipinski definition) is 2. The molecule has 1 aliphatic carbocycles. The number of benzene rings is 3. The van der Waals surface area contributed by atoms with Crippen molar-refractivity contribution in [3.05, 3.63) is 99.2 Å². The number of nitrogens with zero attached hydrogens (tertiary/aromatic N) is 1. The van der Waals surface area contributed by atoms with Gasteiger partial charge in [0.1, 0.15) is 12.0 Å². The number of rotatable bonds is 2. The van der Waals surface area contributed by atoms with Crippen LogP contribution in [0.4, 0.5) is 0 Å². The fourth-order valence-corrected chi connectivity index (χ4v) is 5.40. The summed E-state index contributed by atoms with van der Waals surface area (Å²) in [4.78, 5) is 14.9. The average molecular weight is 548 g/mol. The Hall–Kier alpha value is -2.89. The van der Waals surface area contributed by atoms with Crippen molar-refractivity contribution in [2.45, 2.75) is 51.5 Å². The Bertz CT molecular complexity index is 1290. The zero-order valence-corrected chi connectivity index (χ0v) is 22.9. The number of aryl methyl sites for hydroxylation is 1. The van der Waals surface area contributed by atoms with Crippen LogP contribution in [0.2, 0.25) is 0 Å². The number of hydrogen-bond acceptors (Lipinski definition) is 3. The predicted molar refractivity (Wildman–Crippen MR) is 152 cm³/mol. The number of nitrogens with one attached hydrogen (secondary N) is 1. The van der Waals surface area contributed by atoms with E-state index < -0.39 is 0 Å². The first kappa shape index (κ1) is 26.2. The van der Waals surface area contributed by atoms with Crippen LogP contribution in [0.15, 0.2) is 71.2 Å². The van der Waals surface area contributed by atoms with E-state index in [1.807, 2.05) is 12.1 Å². The summed E-state index contributed by atoms with van der Waals surface area (Å²) in [7, 11) is 2.22. The van der Waals surface area contributed by atoms with Crippen molar-refractivity contribution < 1.29 is 9.90 Å². The van der Waals surface area contributed by atoms with Crippen molar-refractivity contribution >= 4 is 33.1 Å². The number of aromatic nitrogens is 1. The van der Waals surface area contributed by atoms with Crippen molar-refractivity contribution in [1.29, 1.82) is 0 Å². The molecule has 1 aromatic heterocycles. The van der Waals surface area contributed by atoms with E-state index in [1.165, 1.54) is 65.0 Å². The summed E-state index contributed by atoms with van der Waals surface area (Å²) in [6.45, 7) is 4.67. The molecule has 0 radical (unpaired) electrons. The highest BCUT2D eigenvalue weighted by Gasteiger charge is 2.29. The molecular weight excluding hydrogens is 512 g/mol. The van der Waals surface area contributed by atoms with Gasteiger partial charge in [-0.3, -0.25) is 4.90 Å². The van der Waals surface area contributed by atoms with Crippen LogP contribution < -0.4 is 0 Å². The topological polar surface area (TPSA) is 56.3 Å². The number of phenols is 1. The molecule has 2 aliphatic rings. The number of H-pyrrole nitrogens is 1. The second-order valence-electron chi connectivity index (χ2n) is 9.71. The van der Waals surface area contributed by atoms with Crippen molar-refractivity contribution in [2.24, 2.45) is 0 Å². The SMILES string of the molecule is CC=O.Cc1ccc(C2c3[nH]c4ccc(Br)cc4c3CCN2C)cc1.Oc1ccc(C2CCC2)cc1. The minimum absolute atomic E-state index is 0.315. The van der Waals surface area contributed by atoms with Gasteiger partial charge in [-0.15, -0.1) is 0 Å². The normalized spacial score (nSPS) is 17.2. The summed E-state index contributed by atoms with van der Waals surface area (Å²) >= 11 is 3.60. The minimum Gasteiger partial charge on any atom is -0.508 e. The molecule has 0 amide bonds. The van der Waals surface area contributed by atoms with Gasteiger partial charge in [-0.1, -0.05) is 64.3 Å². The van der Waals surface area contributed by atoms with Gasteiger partial charge in [-0.25, -0.2) is 0 Å². The Kier molecular flexibility index (Phi) is 8.65. The van der Waals surface area contributed by atoms with Crippen LogP contribution in [0.1, 0.15) is 66.1 Å². The van der Waals surface area contributed by atoms with Crippen LogP contribution in [-0.4, -0.2) is 34.9 Å². The first-order chi connectivity index (χ1) is 17.4. The molecule has 1 unspecified atom stereocenters. The number of aromatic amines is 1. The van der Waals surface area contributed by atoms with Crippen molar-refractivity contribution in [3.8, 4) is 5.75 Å². The molecule has 0 saturated heterocycles. The molecule has 1 saturated carbocycles. The molecule has 188 valence electrons. The van der Waals surface area contributed by atoms with Crippen molar-refractivity contribution in [1.82, 2.24) is 9.88 Å². The van der Waals surface area contributed by atoms with Gasteiger partial charge in [0.2, 0.25) is 0 Å². The Balaban J connectivity index is 0.000000181. The first-order valence-corrected chi connectivity index (χ1v) is 13.5. The molecule has 6 rings (SSSR count). The van der Waals surface area contributed by atoms with Gasteiger partial charge >= 0.3 is 0 Å². The lowest BCUT2D eigenvalue weighted by Gasteiger charge is -2.33. The number of phenolic OH excluding ortho intramolecular Hbond substituents is 1. The lowest BCUT2D eigenvalue weighted by molar-refractivity contribution is -0.106. The molecular formula is C31H35BrN2O2. The van der Waals surface area contributed by atoms with E-state index in [0.29, 0.717) is 11.8 Å². The maximum absolute atomic E-state index is 9.03. The van der Waals surface area contributed by atoms with Crippen molar-refractivity contribution in [2.75, 3.05) is 13.6 Å². The molecule has 1 aliphatic heterocycles. The van der Waals surface area contributed by atoms with E-state index >= 15 is 0 Å². The maximum Gasteiger partial charge on any atom is 0.116 e. The van der Waals surface area contributed by atoms with E-state index in [4.69, 9.17) is 9.90 Å². The predicted octanol–water partition coefficient (Wildman–Crippen LogP) is 7.68. The first-order valence-electron chi connectivity index (χ1n) is 12.7. The number of aromatic hydroxyl groups is 1. The van der Waals surface area contributed by atoms with Gasteiger partial charge in [-0.2, -0.15) is 0 Å². The highest BCUT2D eigenvalue weighted by molar-refractivity contribution is 9.10. The monoisotopic (exact) mass is 546 g/mol. The Morgan fingerprint density at radius 1 is 1.00 bits per heavy atom. The van der Waals surface area contributed by atoms with Gasteiger partial charge in [-0.05, 0) is 93.1 Å². The number of fused-ring (bicyclic) bond motifs is 3. The number of carbonyl (C=O) groups is 1. The summed E-state index contributed by atoms with van der Waals surface area (Å²) in [5, 5.41) is 10.4. The van der Waals surface area contributed by atoms with E-state index in [-0.39, 0.29) is 0 Å². The smallest absolute Gasteiger partial charge is 0.116 e. The van der Waals surface area contributed by atoms with Crippen molar-refractivity contribution in [3.63, 3.8) is 0 Å². The lowest BCUT2D eigenvalue weighted by Crippen LogP contribution is -2.32. The molecule has 1 fully saturated rings. The van der Waals surface area contributed by atoms with E-state index in [9.17, 15) is 0 Å². The summed E-state index contributed by atoms with van der Waals surface area (Å²) in [6.07, 6.45) is 5.87. The zero-order chi connectivity index (χ0) is 25.7. The molecule has 4 aromatic rings. The van der Waals surface area contributed by atoms with Gasteiger partial charge in [0, 0.05) is 27.6 Å². The second-order valence-corrected chi connectivity index (χ2v) is 10.6. The summed E-state index contributed by atoms with van der Waals surface area (Å²) < 4.78 is 1.15.